The maximum absolute atomic E-state index is 14.2. The molecule has 0 N–H and O–H groups in total. The molecule has 10 nitrogen and oxygen atoms in total. The minimum absolute atomic E-state index is 0.170. The predicted octanol–water partition coefficient (Wildman–Crippen LogP) is 4.01. The maximum atomic E-state index is 14.2. The summed E-state index contributed by atoms with van der Waals surface area (Å²) >= 11 is 1.25. The van der Waals surface area contributed by atoms with Crippen molar-refractivity contribution in [2.45, 2.75) is 33.7 Å². The van der Waals surface area contributed by atoms with E-state index in [-0.39, 0.29) is 17.7 Å². The first-order valence-corrected chi connectivity index (χ1v) is 14.7. The van der Waals surface area contributed by atoms with Crippen molar-refractivity contribution in [2.24, 2.45) is 4.99 Å². The number of thiazole rings is 1. The first-order chi connectivity index (χ1) is 21.1. The van der Waals surface area contributed by atoms with E-state index in [9.17, 15) is 14.4 Å². The second-order valence-corrected chi connectivity index (χ2v) is 11.1. The summed E-state index contributed by atoms with van der Waals surface area (Å²) in [4.78, 5) is 44.5. The molecule has 1 aliphatic rings. The van der Waals surface area contributed by atoms with Crippen LogP contribution < -0.4 is 24.4 Å². The molecule has 3 heterocycles. The van der Waals surface area contributed by atoms with E-state index in [2.05, 4.69) is 9.56 Å². The van der Waals surface area contributed by atoms with Gasteiger partial charge in [-0.3, -0.25) is 9.36 Å². The molecule has 0 aliphatic carbocycles. The van der Waals surface area contributed by atoms with Crippen molar-refractivity contribution in [2.75, 3.05) is 27.9 Å². The van der Waals surface area contributed by atoms with E-state index < -0.39 is 18.0 Å². The maximum Gasteiger partial charge on any atom is 0.338 e. The SMILES string of the molecule is CCOC(=O)C1=C(C)N=c2s/c(=C/c3cc(C)n(-c4ccc(C(=O)OC)cc4)c3C)c(=O)n2[C@H]1c1cc(OC)ccc1OC. The largest absolute Gasteiger partial charge is 0.497 e. The Balaban J connectivity index is 1.68. The summed E-state index contributed by atoms with van der Waals surface area (Å²) in [5.41, 5.74) is 5.02. The Morgan fingerprint density at radius 2 is 1.70 bits per heavy atom. The number of nitrogens with zero attached hydrogens (tertiary/aromatic N) is 3. The van der Waals surface area contributed by atoms with Crippen LogP contribution in [-0.4, -0.2) is 49.0 Å². The van der Waals surface area contributed by atoms with Gasteiger partial charge in [-0.25, -0.2) is 14.6 Å². The monoisotopic (exact) mass is 615 g/mol. The van der Waals surface area contributed by atoms with Gasteiger partial charge in [-0.2, -0.15) is 0 Å². The fourth-order valence-corrected chi connectivity index (χ4v) is 6.51. The molecule has 0 amide bonds. The van der Waals surface area contributed by atoms with Gasteiger partial charge in [-0.05, 0) is 87.9 Å². The number of hydrogen-bond acceptors (Lipinski definition) is 9. The second kappa shape index (κ2) is 12.4. The summed E-state index contributed by atoms with van der Waals surface area (Å²) in [6, 6.07) is 13.5. The van der Waals surface area contributed by atoms with Gasteiger partial charge in [0.15, 0.2) is 4.80 Å². The number of aryl methyl sites for hydroxylation is 1. The minimum Gasteiger partial charge on any atom is -0.497 e. The van der Waals surface area contributed by atoms with E-state index >= 15 is 0 Å². The Morgan fingerprint density at radius 1 is 0.977 bits per heavy atom. The summed E-state index contributed by atoms with van der Waals surface area (Å²) in [5, 5.41) is 0. The summed E-state index contributed by atoms with van der Waals surface area (Å²) in [6.07, 6.45) is 1.84. The molecule has 0 saturated heterocycles. The molecule has 0 radical (unpaired) electrons. The fourth-order valence-electron chi connectivity index (χ4n) is 5.48. The number of benzene rings is 2. The number of fused-ring (bicyclic) bond motifs is 1. The third kappa shape index (κ3) is 5.35. The third-order valence-electron chi connectivity index (χ3n) is 7.55. The van der Waals surface area contributed by atoms with Crippen LogP contribution in [0.5, 0.6) is 11.5 Å². The van der Waals surface area contributed by atoms with Gasteiger partial charge >= 0.3 is 11.9 Å². The highest BCUT2D eigenvalue weighted by Gasteiger charge is 2.35. The molecule has 0 saturated carbocycles. The zero-order chi connectivity index (χ0) is 31.7. The van der Waals surface area contributed by atoms with Crippen LogP contribution in [0.2, 0.25) is 0 Å². The molecule has 1 atom stereocenters. The average molecular weight is 616 g/mol. The molecule has 2 aromatic carbocycles. The van der Waals surface area contributed by atoms with E-state index in [1.165, 1.54) is 30.1 Å². The number of ether oxygens (including phenoxy) is 4. The van der Waals surface area contributed by atoms with Crippen LogP contribution in [0, 0.1) is 13.8 Å². The van der Waals surface area contributed by atoms with Gasteiger partial charge in [-0.1, -0.05) is 11.3 Å². The van der Waals surface area contributed by atoms with E-state index in [0.29, 0.717) is 37.7 Å². The van der Waals surface area contributed by atoms with E-state index in [0.717, 1.165) is 22.6 Å². The van der Waals surface area contributed by atoms with Crippen molar-refractivity contribution in [1.82, 2.24) is 9.13 Å². The van der Waals surface area contributed by atoms with Crippen molar-refractivity contribution in [3.05, 3.63) is 108 Å². The molecule has 0 bridgehead atoms. The van der Waals surface area contributed by atoms with E-state index in [1.54, 1.807) is 51.3 Å². The Kier molecular flexibility index (Phi) is 8.59. The van der Waals surface area contributed by atoms with E-state index in [4.69, 9.17) is 18.9 Å². The highest BCUT2D eigenvalue weighted by Crippen LogP contribution is 2.38. The molecule has 1 aliphatic heterocycles. The lowest BCUT2D eigenvalue weighted by atomic mass is 9.94. The zero-order valence-corrected chi connectivity index (χ0v) is 26.4. The number of hydrogen-bond donors (Lipinski definition) is 0. The summed E-state index contributed by atoms with van der Waals surface area (Å²) in [7, 11) is 4.43. The predicted molar refractivity (Wildman–Crippen MR) is 167 cm³/mol. The number of allylic oxidation sites excluding steroid dienone is 1. The van der Waals surface area contributed by atoms with E-state index in [1.807, 2.05) is 38.1 Å². The Hall–Kier alpha value is -4.90. The molecule has 2 aromatic heterocycles. The van der Waals surface area contributed by atoms with Crippen LogP contribution in [0.3, 0.4) is 0 Å². The number of rotatable bonds is 8. The average Bonchev–Trinajstić information content (AvgIpc) is 3.48. The van der Waals surface area contributed by atoms with Gasteiger partial charge < -0.3 is 23.5 Å². The number of aromatic nitrogens is 2. The fraction of sp³-hybridized carbons (Fsp3) is 0.273. The smallest absolute Gasteiger partial charge is 0.338 e. The summed E-state index contributed by atoms with van der Waals surface area (Å²) in [6.45, 7) is 7.58. The topological polar surface area (TPSA) is 110 Å². The van der Waals surface area contributed by atoms with Crippen molar-refractivity contribution < 1.29 is 28.5 Å². The number of carbonyl (C=O) groups is 2. The lowest BCUT2D eigenvalue weighted by Crippen LogP contribution is -2.40. The van der Waals surface area contributed by atoms with Gasteiger partial charge in [0.1, 0.15) is 17.5 Å². The molecule has 0 unspecified atom stereocenters. The normalized spacial score (nSPS) is 14.6. The molecule has 4 aromatic rings. The molecular formula is C33H33N3O7S. The summed E-state index contributed by atoms with van der Waals surface area (Å²) in [5.74, 6) is 0.0796. The zero-order valence-electron chi connectivity index (χ0n) is 25.6. The molecule has 11 heteroatoms. The minimum atomic E-state index is -0.849. The lowest BCUT2D eigenvalue weighted by molar-refractivity contribution is -0.139. The second-order valence-electron chi connectivity index (χ2n) is 10.1. The van der Waals surface area contributed by atoms with Crippen molar-refractivity contribution in [1.29, 1.82) is 0 Å². The highest BCUT2D eigenvalue weighted by molar-refractivity contribution is 7.07. The Labute approximate surface area is 258 Å². The third-order valence-corrected chi connectivity index (χ3v) is 8.53. The van der Waals surface area contributed by atoms with Crippen LogP contribution in [0.1, 0.15) is 52.8 Å². The van der Waals surface area contributed by atoms with Crippen LogP contribution in [0.15, 0.2) is 69.6 Å². The molecular weight excluding hydrogens is 582 g/mol. The molecule has 0 fully saturated rings. The number of esters is 2. The molecule has 0 spiro atoms. The standard InChI is InChI=1S/C33H33N3O7S/c1-8-43-32(39)28-19(3)34-33-36(29(28)25-17-24(40-5)13-14-26(25)41-6)30(37)27(44-33)16-22-15-18(2)35(20(22)4)23-11-9-21(10-12-23)31(38)42-7/h9-17,29H,8H2,1-7H3/b27-16+/t29-/m0/s1. The quantitative estimate of drug-likeness (QED) is 0.276. The molecule has 44 heavy (non-hydrogen) atoms. The lowest BCUT2D eigenvalue weighted by Gasteiger charge is -2.26. The highest BCUT2D eigenvalue weighted by atomic mass is 32.1. The first-order valence-electron chi connectivity index (χ1n) is 13.9. The molecule has 5 rings (SSSR count). The number of methoxy groups -OCH3 is 3. The van der Waals surface area contributed by atoms with Crippen molar-refractivity contribution >= 4 is 29.4 Å². The van der Waals surface area contributed by atoms with Crippen LogP contribution >= 0.6 is 11.3 Å². The Morgan fingerprint density at radius 3 is 2.34 bits per heavy atom. The summed E-state index contributed by atoms with van der Waals surface area (Å²) < 4.78 is 25.4. The van der Waals surface area contributed by atoms with Gasteiger partial charge in [0, 0.05) is 22.6 Å². The van der Waals surface area contributed by atoms with Gasteiger partial charge in [-0.15, -0.1) is 0 Å². The Bertz CT molecular complexity index is 1980. The number of carbonyl (C=O) groups excluding carboxylic acids is 2. The van der Waals surface area contributed by atoms with Crippen molar-refractivity contribution in [3.63, 3.8) is 0 Å². The van der Waals surface area contributed by atoms with Crippen LogP contribution in [0.4, 0.5) is 0 Å². The molecule has 228 valence electrons. The van der Waals surface area contributed by atoms with Gasteiger partial charge in [0.2, 0.25) is 0 Å². The van der Waals surface area contributed by atoms with Crippen LogP contribution in [-0.2, 0) is 14.3 Å². The van der Waals surface area contributed by atoms with Crippen LogP contribution in [0.25, 0.3) is 11.8 Å². The van der Waals surface area contributed by atoms with Gasteiger partial charge in [0.05, 0.1) is 49.3 Å². The van der Waals surface area contributed by atoms with Crippen molar-refractivity contribution in [3.8, 4) is 17.2 Å². The first kappa shape index (κ1) is 30.6. The van der Waals surface area contributed by atoms with Gasteiger partial charge in [0.25, 0.3) is 5.56 Å².